The van der Waals surface area contributed by atoms with Gasteiger partial charge in [-0.15, -0.1) is 0 Å². The molecule has 11 heteroatoms. The van der Waals surface area contributed by atoms with E-state index in [2.05, 4.69) is 10.3 Å². The first-order valence-electron chi connectivity index (χ1n) is 7.06. The molecule has 0 spiro atoms. The second kappa shape index (κ2) is 7.68. The maximum absolute atomic E-state index is 12.5. The Hall–Kier alpha value is -3.37. The molecule has 2 aromatic rings. The van der Waals surface area contributed by atoms with Crippen LogP contribution in [0.4, 0.5) is 13.2 Å². The molecule has 0 aliphatic rings. The minimum Gasteiger partial charge on any atom is -0.480 e. The van der Waals surface area contributed by atoms with Crippen molar-refractivity contribution in [2.75, 3.05) is 13.1 Å². The van der Waals surface area contributed by atoms with Crippen LogP contribution in [0.5, 0.6) is 0 Å². The van der Waals surface area contributed by atoms with Crippen molar-refractivity contribution in [3.63, 3.8) is 0 Å². The predicted octanol–water partition coefficient (Wildman–Crippen LogP) is 1.29. The van der Waals surface area contributed by atoms with E-state index in [1.54, 1.807) is 0 Å². The van der Waals surface area contributed by atoms with Gasteiger partial charge in [-0.2, -0.15) is 13.2 Å². The number of aromatic nitrogens is 1. The largest absolute Gasteiger partial charge is 0.480 e. The van der Waals surface area contributed by atoms with E-state index in [1.165, 1.54) is 0 Å². The van der Waals surface area contributed by atoms with E-state index in [1.807, 2.05) is 5.32 Å². The zero-order chi connectivity index (χ0) is 19.3. The first-order valence-corrected chi connectivity index (χ1v) is 7.06. The van der Waals surface area contributed by atoms with Crippen LogP contribution in [0.3, 0.4) is 0 Å². The van der Waals surface area contributed by atoms with Gasteiger partial charge in [-0.25, -0.2) is 4.98 Å². The number of aliphatic carboxylic acids is 1. The van der Waals surface area contributed by atoms with Crippen LogP contribution in [-0.4, -0.2) is 41.0 Å². The van der Waals surface area contributed by atoms with Gasteiger partial charge >= 0.3 is 12.1 Å². The number of carbonyl (C=O) groups excluding carboxylic acids is 2. The number of nitrogens with zero attached hydrogens (tertiary/aromatic N) is 1. The molecule has 2 amide bonds. The lowest BCUT2D eigenvalue weighted by molar-refractivity contribution is -0.138. The lowest BCUT2D eigenvalue weighted by Crippen LogP contribution is -2.39. The topological polar surface area (TPSA) is 122 Å². The molecule has 1 aromatic carbocycles. The van der Waals surface area contributed by atoms with E-state index in [0.717, 1.165) is 30.5 Å². The van der Waals surface area contributed by atoms with E-state index in [0.29, 0.717) is 0 Å². The van der Waals surface area contributed by atoms with E-state index in [-0.39, 0.29) is 17.1 Å². The average molecular weight is 371 g/mol. The minimum atomic E-state index is -4.47. The van der Waals surface area contributed by atoms with E-state index < -0.39 is 42.6 Å². The summed E-state index contributed by atoms with van der Waals surface area (Å²) in [6.07, 6.45) is -3.49. The molecule has 1 heterocycles. The highest BCUT2D eigenvalue weighted by molar-refractivity contribution is 5.95. The van der Waals surface area contributed by atoms with Crippen molar-refractivity contribution in [1.29, 1.82) is 0 Å². The van der Waals surface area contributed by atoms with Gasteiger partial charge in [0.05, 0.1) is 12.1 Å². The number of carboxylic acids is 1. The van der Waals surface area contributed by atoms with Crippen molar-refractivity contribution >= 4 is 17.8 Å². The van der Waals surface area contributed by atoms with Crippen LogP contribution >= 0.6 is 0 Å². The van der Waals surface area contributed by atoms with Gasteiger partial charge in [0.1, 0.15) is 12.8 Å². The van der Waals surface area contributed by atoms with Gasteiger partial charge in [-0.05, 0) is 24.3 Å². The van der Waals surface area contributed by atoms with E-state index >= 15 is 0 Å². The molecule has 0 aliphatic heterocycles. The average Bonchev–Trinajstić information content (AvgIpc) is 3.07. The number of rotatable bonds is 6. The van der Waals surface area contributed by atoms with Gasteiger partial charge in [0.2, 0.25) is 11.8 Å². The van der Waals surface area contributed by atoms with Crippen LogP contribution in [0.15, 0.2) is 34.9 Å². The van der Waals surface area contributed by atoms with Gasteiger partial charge in [-0.3, -0.25) is 14.4 Å². The molecule has 0 unspecified atom stereocenters. The summed E-state index contributed by atoms with van der Waals surface area (Å²) in [6.45, 7) is -1.06. The summed E-state index contributed by atoms with van der Waals surface area (Å²) < 4.78 is 42.6. The second-order valence-electron chi connectivity index (χ2n) is 4.97. The van der Waals surface area contributed by atoms with Gasteiger partial charge in [0, 0.05) is 5.56 Å². The molecule has 0 aliphatic carbocycles. The third-order valence-corrected chi connectivity index (χ3v) is 3.04. The lowest BCUT2D eigenvalue weighted by Gasteiger charge is -2.06. The minimum absolute atomic E-state index is 0.0702. The van der Waals surface area contributed by atoms with Crippen molar-refractivity contribution in [2.45, 2.75) is 6.18 Å². The summed E-state index contributed by atoms with van der Waals surface area (Å²) in [5, 5.41) is 12.7. The number of nitrogens with one attached hydrogen (secondary N) is 2. The molecular formula is C15H12F3N3O5. The zero-order valence-electron chi connectivity index (χ0n) is 13.0. The number of benzene rings is 1. The summed E-state index contributed by atoms with van der Waals surface area (Å²) in [7, 11) is 0. The van der Waals surface area contributed by atoms with Crippen LogP contribution in [0.25, 0.3) is 11.5 Å². The normalized spacial score (nSPS) is 11.0. The fourth-order valence-corrected chi connectivity index (χ4v) is 1.80. The SMILES string of the molecule is O=C(O)CNC(=O)CNC(=O)c1coc(-c2ccc(C(F)(F)F)cc2)n1. The molecule has 0 saturated carbocycles. The molecule has 0 atom stereocenters. The van der Waals surface area contributed by atoms with Crippen LogP contribution in [-0.2, 0) is 15.8 Å². The number of hydrogen-bond acceptors (Lipinski definition) is 5. The molecule has 26 heavy (non-hydrogen) atoms. The summed E-state index contributed by atoms with van der Waals surface area (Å²) in [6, 6.07) is 4.00. The first kappa shape index (κ1) is 19.0. The van der Waals surface area contributed by atoms with Crippen molar-refractivity contribution in [3.05, 3.63) is 41.8 Å². The number of halogens is 3. The molecule has 138 valence electrons. The van der Waals surface area contributed by atoms with E-state index in [9.17, 15) is 27.6 Å². The summed E-state index contributed by atoms with van der Waals surface area (Å²) in [4.78, 5) is 37.3. The van der Waals surface area contributed by atoms with Crippen molar-refractivity contribution in [3.8, 4) is 11.5 Å². The van der Waals surface area contributed by atoms with E-state index in [4.69, 9.17) is 9.52 Å². The highest BCUT2D eigenvalue weighted by atomic mass is 19.4. The summed E-state index contributed by atoms with van der Waals surface area (Å²) >= 11 is 0. The number of carbonyl (C=O) groups is 3. The fourth-order valence-electron chi connectivity index (χ4n) is 1.80. The Bertz CT molecular complexity index is 815. The Balaban J connectivity index is 1.97. The van der Waals surface area contributed by atoms with Crippen LogP contribution < -0.4 is 10.6 Å². The van der Waals surface area contributed by atoms with Gasteiger partial charge in [0.15, 0.2) is 5.69 Å². The third kappa shape index (κ3) is 5.06. The monoisotopic (exact) mass is 371 g/mol. The number of oxazole rings is 1. The van der Waals surface area contributed by atoms with Crippen molar-refractivity contribution < 1.29 is 37.1 Å². The highest BCUT2D eigenvalue weighted by Crippen LogP contribution is 2.30. The number of amides is 2. The molecule has 0 bridgehead atoms. The smallest absolute Gasteiger partial charge is 0.416 e. The molecule has 1 aromatic heterocycles. The van der Waals surface area contributed by atoms with Gasteiger partial charge < -0.3 is 20.2 Å². The van der Waals surface area contributed by atoms with Gasteiger partial charge in [-0.1, -0.05) is 0 Å². The lowest BCUT2D eigenvalue weighted by atomic mass is 10.1. The fraction of sp³-hybridized carbons (Fsp3) is 0.200. The highest BCUT2D eigenvalue weighted by Gasteiger charge is 2.30. The predicted molar refractivity (Wildman–Crippen MR) is 79.9 cm³/mol. The number of alkyl halides is 3. The first-order chi connectivity index (χ1) is 12.2. The van der Waals surface area contributed by atoms with Gasteiger partial charge in [0.25, 0.3) is 5.91 Å². The Morgan fingerprint density at radius 1 is 1.08 bits per heavy atom. The van der Waals surface area contributed by atoms with Crippen molar-refractivity contribution in [1.82, 2.24) is 15.6 Å². The molecule has 2 rings (SSSR count). The molecule has 8 nitrogen and oxygen atoms in total. The Labute approximate surface area is 144 Å². The maximum atomic E-state index is 12.5. The Morgan fingerprint density at radius 2 is 1.73 bits per heavy atom. The molecule has 0 saturated heterocycles. The third-order valence-electron chi connectivity index (χ3n) is 3.04. The quantitative estimate of drug-likeness (QED) is 0.704. The maximum Gasteiger partial charge on any atom is 0.416 e. The standard InChI is InChI=1S/C15H12F3N3O5/c16-15(17,18)9-3-1-8(2-4-9)14-21-10(7-26-14)13(25)20-5-11(22)19-6-12(23)24/h1-4,7H,5-6H2,(H,19,22)(H,20,25)(H,23,24). The molecule has 0 radical (unpaired) electrons. The number of hydrogen-bond donors (Lipinski definition) is 3. The number of carboxylic acid groups (broad SMARTS) is 1. The molecule has 3 N–H and O–H groups in total. The zero-order valence-corrected chi connectivity index (χ0v) is 13.0. The summed E-state index contributed by atoms with van der Waals surface area (Å²) in [5.74, 6) is -2.79. The van der Waals surface area contributed by atoms with Crippen LogP contribution in [0.1, 0.15) is 16.1 Å². The Kier molecular flexibility index (Phi) is 5.60. The molecule has 0 fully saturated rings. The van der Waals surface area contributed by atoms with Crippen LogP contribution in [0, 0.1) is 0 Å². The Morgan fingerprint density at radius 3 is 2.31 bits per heavy atom. The summed E-state index contributed by atoms with van der Waals surface area (Å²) in [5.41, 5.74) is -0.791. The molecular weight excluding hydrogens is 359 g/mol. The second-order valence-corrected chi connectivity index (χ2v) is 4.97. The van der Waals surface area contributed by atoms with Crippen LogP contribution in [0.2, 0.25) is 0 Å². The van der Waals surface area contributed by atoms with Crippen molar-refractivity contribution in [2.24, 2.45) is 0 Å².